The highest BCUT2D eigenvalue weighted by Gasteiger charge is 2.67. The van der Waals surface area contributed by atoms with Gasteiger partial charge in [0.2, 0.25) is 0 Å². The fourth-order valence-electron chi connectivity index (χ4n) is 7.98. The lowest BCUT2D eigenvalue weighted by molar-refractivity contribution is 0.540. The van der Waals surface area contributed by atoms with Crippen molar-refractivity contribution >= 4 is 32.8 Å². The molecule has 0 aromatic rings. The van der Waals surface area contributed by atoms with Gasteiger partial charge in [0.1, 0.15) is 0 Å². The molecule has 4 atom stereocenters. The van der Waals surface area contributed by atoms with Gasteiger partial charge >= 0.3 is 0 Å². The van der Waals surface area contributed by atoms with Crippen LogP contribution < -0.4 is 0 Å². The van der Waals surface area contributed by atoms with E-state index in [1.54, 1.807) is 0 Å². The largest absolute Gasteiger partial charge is 0.456 e. The minimum Gasteiger partial charge on any atom is -0.456 e. The Hall–Kier alpha value is 0.828. The van der Waals surface area contributed by atoms with Crippen molar-refractivity contribution in [2.24, 2.45) is 0 Å². The molecule has 0 spiro atoms. The maximum absolute atomic E-state index is 7.16. The van der Waals surface area contributed by atoms with E-state index in [4.69, 9.17) is 4.12 Å². The fraction of sp³-hybridized carbons (Fsp3) is 1.00. The second-order valence-corrected chi connectivity index (χ2v) is 35.0. The second kappa shape index (κ2) is 7.70. The maximum atomic E-state index is 7.16. The van der Waals surface area contributed by atoms with Gasteiger partial charge < -0.3 is 4.12 Å². The van der Waals surface area contributed by atoms with Crippen molar-refractivity contribution in [1.82, 2.24) is 0 Å². The Balaban J connectivity index is 1.99. The molecule has 2 aliphatic heterocycles. The van der Waals surface area contributed by atoms with E-state index in [-0.39, 0.29) is 0 Å². The van der Waals surface area contributed by atoms with E-state index in [0.717, 1.165) is 22.2 Å². The topological polar surface area (TPSA) is 9.23 Å². The van der Waals surface area contributed by atoms with Crippen molar-refractivity contribution in [3.05, 3.63) is 0 Å². The lowest BCUT2D eigenvalue weighted by atomic mass is 10.2. The first kappa shape index (κ1) is 26.1. The van der Waals surface area contributed by atoms with Gasteiger partial charge in [-0.25, -0.2) is 0 Å². The maximum Gasteiger partial charge on any atom is 0.173 e. The Kier molecular flexibility index (Phi) is 6.93. The zero-order valence-electron chi connectivity index (χ0n) is 22.5. The molecule has 0 aromatic carbocycles. The summed E-state index contributed by atoms with van der Waals surface area (Å²) in [5.41, 5.74) is 4.03. The van der Waals surface area contributed by atoms with Crippen LogP contribution in [0, 0.1) is 0 Å². The van der Waals surface area contributed by atoms with E-state index < -0.39 is 32.8 Å². The molecule has 2 fully saturated rings. The van der Waals surface area contributed by atoms with Crippen molar-refractivity contribution in [3.8, 4) is 0 Å². The summed E-state index contributed by atoms with van der Waals surface area (Å²) < 4.78 is 7.16. The van der Waals surface area contributed by atoms with Crippen molar-refractivity contribution in [3.63, 3.8) is 0 Å². The molecule has 0 saturated carbocycles. The van der Waals surface area contributed by atoms with E-state index in [2.05, 4.69) is 95.4 Å². The predicted molar refractivity (Wildman–Crippen MR) is 144 cm³/mol. The normalized spacial score (nSPS) is 38.3. The summed E-state index contributed by atoms with van der Waals surface area (Å²) in [6.07, 6.45) is 0. The second-order valence-electron chi connectivity index (χ2n) is 14.4. The predicted octanol–water partition coefficient (Wildman–Crippen LogP) is 9.50. The van der Waals surface area contributed by atoms with Crippen LogP contribution in [0.4, 0.5) is 0 Å². The number of hydrogen-bond acceptors (Lipinski definition) is 1. The minimum atomic E-state index is -1.59. The van der Waals surface area contributed by atoms with Gasteiger partial charge in [-0.1, -0.05) is 81.3 Å². The highest BCUT2D eigenvalue weighted by atomic mass is 28.4. The monoisotopic (exact) mass is 470 g/mol. The van der Waals surface area contributed by atoms with Crippen LogP contribution >= 0.6 is 0 Å². The molecule has 2 heterocycles. The lowest BCUT2D eigenvalue weighted by Crippen LogP contribution is -2.46. The van der Waals surface area contributed by atoms with Crippen LogP contribution in [0.2, 0.25) is 82.6 Å². The molecule has 2 rings (SSSR count). The summed E-state index contributed by atoms with van der Waals surface area (Å²) >= 11 is 0. The van der Waals surface area contributed by atoms with E-state index in [9.17, 15) is 0 Å². The van der Waals surface area contributed by atoms with Gasteiger partial charge in [0.25, 0.3) is 0 Å². The van der Waals surface area contributed by atoms with Gasteiger partial charge in [0.05, 0.1) is 16.1 Å². The van der Waals surface area contributed by atoms with Crippen LogP contribution in [-0.2, 0) is 4.12 Å². The van der Waals surface area contributed by atoms with E-state index in [1.807, 2.05) is 0 Å². The molecule has 0 N–H and O–H groups in total. The molecule has 0 amide bonds. The number of hydrogen-bond donors (Lipinski definition) is 0. The Labute approximate surface area is 188 Å². The van der Waals surface area contributed by atoms with Gasteiger partial charge in [-0.15, -0.1) is 0 Å². The first-order chi connectivity index (χ1) is 12.8. The molecule has 0 radical (unpaired) electrons. The summed E-state index contributed by atoms with van der Waals surface area (Å²) in [6.45, 7) is 35.5. The molecule has 0 aromatic heterocycles. The Morgan fingerprint density at radius 3 is 1.00 bits per heavy atom. The van der Waals surface area contributed by atoms with Gasteiger partial charge in [-0.05, 0) is 70.5 Å². The molecule has 29 heavy (non-hydrogen) atoms. The summed E-state index contributed by atoms with van der Waals surface area (Å²) in [6, 6.07) is 5.82. The molecular weight excluding hydrogens is 417 g/mol. The van der Waals surface area contributed by atoms with Gasteiger partial charge in [0.15, 0.2) is 16.6 Å². The first-order valence-electron chi connectivity index (χ1n) is 12.5. The zero-order valence-corrected chi connectivity index (χ0v) is 26.5. The molecule has 1 nitrogen and oxygen atoms in total. The molecule has 0 bridgehead atoms. The van der Waals surface area contributed by atoms with Crippen LogP contribution in [0.1, 0.15) is 69.2 Å². The Morgan fingerprint density at radius 2 is 0.828 bits per heavy atom. The molecule has 0 aliphatic carbocycles. The van der Waals surface area contributed by atoms with E-state index in [0.29, 0.717) is 10.1 Å². The quantitative estimate of drug-likeness (QED) is 0.321. The summed E-state index contributed by atoms with van der Waals surface area (Å²) in [4.78, 5) is 0. The third kappa shape index (κ3) is 4.65. The molecule has 2 aliphatic rings. The smallest absolute Gasteiger partial charge is 0.173 e. The zero-order chi connectivity index (χ0) is 22.8. The van der Waals surface area contributed by atoms with Crippen LogP contribution in [-0.4, -0.2) is 32.8 Å². The van der Waals surface area contributed by atoms with Crippen molar-refractivity contribution in [2.75, 3.05) is 0 Å². The van der Waals surface area contributed by atoms with Crippen LogP contribution in [0.25, 0.3) is 0 Å². The molecule has 4 unspecified atom stereocenters. The minimum absolute atomic E-state index is 0.548. The standard InChI is InChI=1S/C24H54OSi4/c1-19-20(2)28(19,23(5,6)7)17-15-26(11,12)25-27(13,14)16-18-29(24(8,9)10)21(3)22(29)4/h19-22H,15-18H2,1-14H3. The summed E-state index contributed by atoms with van der Waals surface area (Å²) in [5.74, 6) is 0. The fourth-order valence-corrected chi connectivity index (χ4v) is 36.3. The molecular formula is C24H54OSi4. The SMILES string of the molecule is CC1C(C)[Si]1(CC[Si](C)(C)O[Si](C)(C)CC[Si]1(C(C)(C)C)C(C)C1C)C(C)(C)C. The molecule has 172 valence electrons. The van der Waals surface area contributed by atoms with Gasteiger partial charge in [-0.3, -0.25) is 0 Å². The third-order valence-electron chi connectivity index (χ3n) is 10.2. The summed E-state index contributed by atoms with van der Waals surface area (Å²) in [7, 11) is -5.48. The van der Waals surface area contributed by atoms with Crippen LogP contribution in [0.3, 0.4) is 0 Å². The average Bonchev–Trinajstić information content (AvgIpc) is 3.25. The van der Waals surface area contributed by atoms with Crippen LogP contribution in [0.5, 0.6) is 0 Å². The Bertz CT molecular complexity index is 531. The Morgan fingerprint density at radius 1 is 0.586 bits per heavy atom. The summed E-state index contributed by atoms with van der Waals surface area (Å²) in [5, 5.41) is 1.10. The van der Waals surface area contributed by atoms with Crippen LogP contribution in [0.15, 0.2) is 0 Å². The first-order valence-corrected chi connectivity index (χ1v) is 23.4. The van der Waals surface area contributed by atoms with E-state index in [1.165, 1.54) is 24.2 Å². The van der Waals surface area contributed by atoms with Gasteiger partial charge in [-0.2, -0.15) is 0 Å². The van der Waals surface area contributed by atoms with E-state index >= 15 is 0 Å². The molecule has 2 saturated heterocycles. The third-order valence-corrected chi connectivity index (χ3v) is 34.0. The molecule has 5 heteroatoms. The highest BCUT2D eigenvalue weighted by Crippen LogP contribution is 2.72. The van der Waals surface area contributed by atoms with Crippen molar-refractivity contribution in [2.45, 2.75) is 152 Å². The average molecular weight is 471 g/mol. The van der Waals surface area contributed by atoms with Crippen molar-refractivity contribution in [1.29, 1.82) is 0 Å². The number of rotatable bonds is 8. The highest BCUT2D eigenvalue weighted by molar-refractivity contribution is 6.97. The van der Waals surface area contributed by atoms with Crippen molar-refractivity contribution < 1.29 is 4.12 Å². The van der Waals surface area contributed by atoms with Gasteiger partial charge in [0, 0.05) is 0 Å². The lowest BCUT2D eigenvalue weighted by Gasteiger charge is -2.39.